The minimum absolute atomic E-state index is 0.0977. The summed E-state index contributed by atoms with van der Waals surface area (Å²) in [6.45, 7) is 1.64. The van der Waals surface area contributed by atoms with Crippen molar-refractivity contribution in [2.75, 3.05) is 6.26 Å². The fourth-order valence-electron chi connectivity index (χ4n) is 3.70. The van der Waals surface area contributed by atoms with Crippen LogP contribution in [0.3, 0.4) is 0 Å². The number of sulfone groups is 2. The summed E-state index contributed by atoms with van der Waals surface area (Å²) in [7, 11) is -11.9. The van der Waals surface area contributed by atoms with Gasteiger partial charge in [-0.25, -0.2) is 35.0 Å². The summed E-state index contributed by atoms with van der Waals surface area (Å²) in [6.07, 6.45) is 4.24. The monoisotopic (exact) mass is 520 g/mol. The quantitative estimate of drug-likeness (QED) is 0.483. The summed E-state index contributed by atoms with van der Waals surface area (Å²) < 4.78 is 79.3. The average Bonchev–Trinajstić information content (AvgIpc) is 3.64. The summed E-state index contributed by atoms with van der Waals surface area (Å²) in [5.41, 5.74) is 1.35. The van der Waals surface area contributed by atoms with Crippen molar-refractivity contribution in [3.8, 4) is 0 Å². The first-order chi connectivity index (χ1) is 15.9. The molecule has 1 aromatic heterocycles. The highest BCUT2D eigenvalue weighted by atomic mass is 32.2. The Morgan fingerprint density at radius 1 is 0.853 bits per heavy atom. The Bertz CT molecular complexity index is 1530. The van der Waals surface area contributed by atoms with E-state index in [9.17, 15) is 25.3 Å². The average molecular weight is 521 g/mol. The Balaban J connectivity index is 1.79. The van der Waals surface area contributed by atoms with E-state index in [-0.39, 0.29) is 25.6 Å². The van der Waals surface area contributed by atoms with Crippen molar-refractivity contribution < 1.29 is 25.3 Å². The smallest absolute Gasteiger partial charge is 0.225 e. The Kier molecular flexibility index (Phi) is 6.40. The van der Waals surface area contributed by atoms with E-state index in [0.717, 1.165) is 24.7 Å². The van der Waals surface area contributed by atoms with Crippen LogP contribution in [0, 0.1) is 0 Å². The lowest BCUT2D eigenvalue weighted by Crippen LogP contribution is -2.25. The van der Waals surface area contributed by atoms with Crippen LogP contribution in [0.25, 0.3) is 0 Å². The molecule has 8 nitrogen and oxygen atoms in total. The topological polar surface area (TPSA) is 127 Å². The maximum Gasteiger partial charge on any atom is 0.225 e. The molecule has 11 heteroatoms. The van der Waals surface area contributed by atoms with Gasteiger partial charge in [0.15, 0.2) is 5.03 Å². The van der Waals surface area contributed by atoms with Crippen LogP contribution in [0.4, 0.5) is 0 Å². The molecule has 0 saturated heterocycles. The Hall–Kier alpha value is -2.60. The van der Waals surface area contributed by atoms with E-state index in [2.05, 4.69) is 9.71 Å². The number of benzene rings is 2. The molecule has 1 fully saturated rings. The first kappa shape index (κ1) is 24.5. The molecule has 1 N–H and O–H groups in total. The predicted octanol–water partition coefficient (Wildman–Crippen LogP) is 3.23. The third kappa shape index (κ3) is 5.07. The van der Waals surface area contributed by atoms with Crippen molar-refractivity contribution in [3.05, 3.63) is 78.0 Å². The molecule has 0 bridgehead atoms. The molecule has 4 rings (SSSR count). The molecule has 1 aliphatic carbocycles. The normalized spacial score (nSPS) is 15.7. The molecule has 2 aromatic carbocycles. The number of hydrogen-bond acceptors (Lipinski definition) is 7. The highest BCUT2D eigenvalue weighted by Gasteiger charge is 2.33. The van der Waals surface area contributed by atoms with Crippen molar-refractivity contribution in [3.63, 3.8) is 0 Å². The van der Waals surface area contributed by atoms with Crippen molar-refractivity contribution in [1.29, 1.82) is 0 Å². The molecule has 1 saturated carbocycles. The van der Waals surface area contributed by atoms with Crippen LogP contribution in [0.5, 0.6) is 0 Å². The van der Waals surface area contributed by atoms with Gasteiger partial charge in [0.1, 0.15) is 0 Å². The van der Waals surface area contributed by atoms with Crippen LogP contribution in [-0.2, 0) is 29.7 Å². The maximum absolute atomic E-state index is 13.5. The minimum Gasteiger partial charge on any atom is -0.244 e. The van der Waals surface area contributed by atoms with Gasteiger partial charge in [0.2, 0.25) is 29.7 Å². The molecular weight excluding hydrogens is 496 g/mol. The first-order valence-corrected chi connectivity index (χ1v) is 15.4. The Morgan fingerprint density at radius 2 is 1.53 bits per heavy atom. The number of nitrogens with zero attached hydrogens (tertiary/aromatic N) is 1. The molecule has 0 radical (unpaired) electrons. The molecular formula is C23H24N2O6S3. The molecule has 34 heavy (non-hydrogen) atoms. The van der Waals surface area contributed by atoms with Gasteiger partial charge < -0.3 is 0 Å². The number of pyridine rings is 1. The summed E-state index contributed by atoms with van der Waals surface area (Å²) in [6, 6.07) is 14.0. The Labute approximate surface area is 200 Å². The summed E-state index contributed by atoms with van der Waals surface area (Å²) >= 11 is 0. The van der Waals surface area contributed by atoms with Crippen molar-refractivity contribution in [2.24, 2.45) is 0 Å². The number of sulfonamides is 1. The van der Waals surface area contributed by atoms with Crippen LogP contribution in [-0.4, -0.2) is 36.5 Å². The predicted molar refractivity (Wildman–Crippen MR) is 126 cm³/mol. The molecule has 180 valence electrons. The second-order valence-corrected chi connectivity index (χ2v) is 13.9. The van der Waals surface area contributed by atoms with Crippen LogP contribution >= 0.6 is 0 Å². The molecule has 0 aliphatic heterocycles. The zero-order valence-corrected chi connectivity index (χ0v) is 21.0. The van der Waals surface area contributed by atoms with E-state index in [1.165, 1.54) is 54.7 Å². The van der Waals surface area contributed by atoms with Gasteiger partial charge in [0.25, 0.3) is 0 Å². The number of rotatable bonds is 8. The van der Waals surface area contributed by atoms with E-state index in [4.69, 9.17) is 0 Å². The van der Waals surface area contributed by atoms with Crippen molar-refractivity contribution in [1.82, 2.24) is 9.71 Å². The molecule has 1 unspecified atom stereocenters. The Morgan fingerprint density at radius 3 is 2.09 bits per heavy atom. The van der Waals surface area contributed by atoms with Crippen molar-refractivity contribution in [2.45, 2.75) is 51.4 Å². The lowest BCUT2D eigenvalue weighted by molar-refractivity contribution is 0.572. The lowest BCUT2D eigenvalue weighted by Gasteiger charge is -2.15. The van der Waals surface area contributed by atoms with Gasteiger partial charge in [0, 0.05) is 12.2 Å². The van der Waals surface area contributed by atoms with Gasteiger partial charge >= 0.3 is 0 Å². The van der Waals surface area contributed by atoms with E-state index in [1.54, 1.807) is 19.1 Å². The first-order valence-electron chi connectivity index (χ1n) is 10.5. The fraction of sp³-hybridized carbons (Fsp3) is 0.261. The van der Waals surface area contributed by atoms with Gasteiger partial charge in [-0.1, -0.05) is 24.3 Å². The molecule has 1 aliphatic rings. The second kappa shape index (κ2) is 8.88. The maximum atomic E-state index is 13.5. The SMILES string of the molecule is CC(NS(C)(=O)=O)c1ccc(S(=O)(=O)c2ccc(C3CC3)cc2S(=O)(=O)c2ccccn2)cc1. The second-order valence-electron chi connectivity index (χ2n) is 8.34. The minimum atomic E-state index is -4.21. The van der Waals surface area contributed by atoms with E-state index >= 15 is 0 Å². The summed E-state index contributed by atoms with van der Waals surface area (Å²) in [5, 5.41) is -0.226. The van der Waals surface area contributed by atoms with Crippen LogP contribution in [0.2, 0.25) is 0 Å². The third-order valence-corrected chi connectivity index (χ3v) is 10.0. The molecule has 0 spiro atoms. The third-order valence-electron chi connectivity index (χ3n) is 5.59. The standard InChI is InChI=1S/C23H24N2O6S3/c1-16(25-32(2,26)27)17-8-11-20(12-9-17)33(28,29)21-13-10-19(18-6-7-18)15-22(21)34(30,31)23-5-3-4-14-24-23/h3-5,8-16,18,25H,6-7H2,1-2H3. The van der Waals surface area contributed by atoms with Crippen LogP contribution < -0.4 is 4.72 Å². The van der Waals surface area contributed by atoms with Gasteiger partial charge in [-0.15, -0.1) is 0 Å². The highest BCUT2D eigenvalue weighted by molar-refractivity contribution is 7.94. The van der Waals surface area contributed by atoms with E-state index < -0.39 is 35.7 Å². The zero-order valence-electron chi connectivity index (χ0n) is 18.5. The summed E-state index contributed by atoms with van der Waals surface area (Å²) in [5.74, 6) is 0.220. The number of hydrogen-bond donors (Lipinski definition) is 1. The van der Waals surface area contributed by atoms with Gasteiger partial charge in [-0.05, 0) is 73.2 Å². The van der Waals surface area contributed by atoms with Gasteiger partial charge in [-0.2, -0.15) is 0 Å². The summed E-state index contributed by atoms with van der Waals surface area (Å²) in [4.78, 5) is 3.22. The molecule has 1 heterocycles. The largest absolute Gasteiger partial charge is 0.244 e. The van der Waals surface area contributed by atoms with Crippen LogP contribution in [0.1, 0.15) is 42.9 Å². The van der Waals surface area contributed by atoms with Crippen LogP contribution in [0.15, 0.2) is 86.6 Å². The molecule has 1 atom stereocenters. The molecule has 3 aromatic rings. The van der Waals surface area contributed by atoms with Crippen molar-refractivity contribution >= 4 is 29.7 Å². The van der Waals surface area contributed by atoms with E-state index in [1.807, 2.05) is 0 Å². The lowest BCUT2D eigenvalue weighted by atomic mass is 10.1. The zero-order chi connectivity index (χ0) is 24.7. The van der Waals surface area contributed by atoms with E-state index in [0.29, 0.717) is 5.56 Å². The fourth-order valence-corrected chi connectivity index (χ4v) is 7.76. The number of aromatic nitrogens is 1. The van der Waals surface area contributed by atoms with Gasteiger partial charge in [-0.3, -0.25) is 0 Å². The number of nitrogens with one attached hydrogen (secondary N) is 1. The highest BCUT2D eigenvalue weighted by Crippen LogP contribution is 2.42. The molecule has 0 amide bonds. The van der Waals surface area contributed by atoms with Gasteiger partial charge in [0.05, 0.1) is 20.9 Å².